The van der Waals surface area contributed by atoms with Crippen LogP contribution in [0.1, 0.15) is 50.1 Å². The number of hydrogen-bond acceptors (Lipinski definition) is 4. The number of aromatic nitrogens is 4. The molecule has 0 radical (unpaired) electrons. The van der Waals surface area contributed by atoms with Crippen molar-refractivity contribution in [2.24, 2.45) is 0 Å². The molecular weight excluding hydrogens is 527 g/mol. The van der Waals surface area contributed by atoms with E-state index in [-0.39, 0.29) is 0 Å². The van der Waals surface area contributed by atoms with Gasteiger partial charge in [-0.25, -0.2) is 4.68 Å². The molecule has 0 aliphatic rings. The van der Waals surface area contributed by atoms with Crippen LogP contribution in [0.15, 0.2) is 46.9 Å². The maximum atomic E-state index is 6.60. The van der Waals surface area contributed by atoms with E-state index in [0.29, 0.717) is 16.0 Å². The summed E-state index contributed by atoms with van der Waals surface area (Å²) < 4.78 is 2.93. The molecule has 0 aliphatic carbocycles. The van der Waals surface area contributed by atoms with Crippen molar-refractivity contribution in [3.63, 3.8) is 0 Å². The molecule has 0 fully saturated rings. The van der Waals surface area contributed by atoms with Crippen LogP contribution in [0, 0.1) is 0 Å². The van der Waals surface area contributed by atoms with Crippen molar-refractivity contribution < 1.29 is 0 Å². The zero-order valence-electron chi connectivity index (χ0n) is 18.1. The van der Waals surface area contributed by atoms with Crippen molar-refractivity contribution in [3.05, 3.63) is 67.6 Å². The van der Waals surface area contributed by atoms with Crippen LogP contribution in [-0.2, 0) is 6.42 Å². The summed E-state index contributed by atoms with van der Waals surface area (Å²) in [7, 11) is 0. The lowest BCUT2D eigenvalue weighted by molar-refractivity contribution is 0.654. The molecule has 2 aromatic heterocycles. The van der Waals surface area contributed by atoms with E-state index in [1.807, 2.05) is 28.9 Å². The van der Waals surface area contributed by atoms with Crippen LogP contribution in [0.3, 0.4) is 0 Å². The molecule has 1 atom stereocenters. The van der Waals surface area contributed by atoms with Crippen molar-refractivity contribution in [2.45, 2.75) is 46.0 Å². The Hall–Kier alpha value is -1.73. The first-order valence-corrected chi connectivity index (χ1v) is 13.0. The van der Waals surface area contributed by atoms with E-state index in [4.69, 9.17) is 28.3 Å². The lowest BCUT2D eigenvalue weighted by Gasteiger charge is -2.11. The predicted octanol–water partition coefficient (Wildman–Crippen LogP) is 8.59. The van der Waals surface area contributed by atoms with Gasteiger partial charge in [-0.3, -0.25) is 0 Å². The Kier molecular flexibility index (Phi) is 7.35. The Bertz CT molecular complexity index is 1230. The first-order valence-electron chi connectivity index (χ1n) is 10.6. The maximum absolute atomic E-state index is 6.60. The zero-order valence-corrected chi connectivity index (χ0v) is 22.0. The van der Waals surface area contributed by atoms with Crippen LogP contribution in [0.2, 0.25) is 10.0 Å². The highest BCUT2D eigenvalue weighted by Gasteiger charge is 2.24. The third-order valence-electron chi connectivity index (χ3n) is 5.38. The van der Waals surface area contributed by atoms with Crippen molar-refractivity contribution >= 4 is 50.5 Å². The molecule has 0 N–H and O–H groups in total. The van der Waals surface area contributed by atoms with E-state index in [1.54, 1.807) is 17.4 Å². The largest absolute Gasteiger partial charge is 0.231 e. The Morgan fingerprint density at radius 3 is 2.47 bits per heavy atom. The average molecular weight is 550 g/mol. The van der Waals surface area contributed by atoms with Gasteiger partial charge in [0.15, 0.2) is 5.01 Å². The normalized spacial score (nSPS) is 12.3. The van der Waals surface area contributed by atoms with E-state index >= 15 is 0 Å². The predicted molar refractivity (Wildman–Crippen MR) is 138 cm³/mol. The summed E-state index contributed by atoms with van der Waals surface area (Å²) in [6.07, 6.45) is 3.01. The number of hydrogen-bond donors (Lipinski definition) is 0. The zero-order chi connectivity index (χ0) is 22.8. The van der Waals surface area contributed by atoms with Gasteiger partial charge in [0.1, 0.15) is 10.7 Å². The number of nitrogens with zero attached hydrogens (tertiary/aromatic N) is 4. The van der Waals surface area contributed by atoms with Gasteiger partial charge in [0.2, 0.25) is 0 Å². The van der Waals surface area contributed by atoms with Gasteiger partial charge in [-0.1, -0.05) is 89.8 Å². The van der Waals surface area contributed by atoms with Crippen LogP contribution < -0.4 is 0 Å². The summed E-state index contributed by atoms with van der Waals surface area (Å²) in [4.78, 5) is 0. The van der Waals surface area contributed by atoms with Gasteiger partial charge in [-0.05, 0) is 43.2 Å². The molecule has 32 heavy (non-hydrogen) atoms. The summed E-state index contributed by atoms with van der Waals surface area (Å²) in [6.45, 7) is 6.53. The number of benzene rings is 2. The SMILES string of the molecule is CCCC(C)c1nnc(-c2nn(-c3ccc(Cl)cc3Cl)c(-c3ccc(Br)cc3)c2CC)s1. The summed E-state index contributed by atoms with van der Waals surface area (Å²) >= 11 is 17.9. The molecule has 4 nitrogen and oxygen atoms in total. The molecule has 0 amide bonds. The minimum atomic E-state index is 0.384. The van der Waals surface area contributed by atoms with Crippen LogP contribution in [0.5, 0.6) is 0 Å². The standard InChI is InChI=1S/C24H23BrCl2N4S/c1-4-6-14(3)23-28-29-24(32-23)21-18(5-2)22(15-7-9-16(25)10-8-15)31(30-21)20-12-11-17(26)13-19(20)27/h7-14H,4-6H2,1-3H3. The third-order valence-corrected chi connectivity index (χ3v) is 7.61. The minimum absolute atomic E-state index is 0.384. The Labute approximate surface area is 210 Å². The summed E-state index contributed by atoms with van der Waals surface area (Å²) in [5, 5.41) is 17.0. The quantitative estimate of drug-likeness (QED) is 0.232. The van der Waals surface area contributed by atoms with E-state index in [9.17, 15) is 0 Å². The molecule has 2 aromatic carbocycles. The highest BCUT2D eigenvalue weighted by atomic mass is 79.9. The molecule has 166 valence electrons. The van der Waals surface area contributed by atoms with Gasteiger partial charge < -0.3 is 0 Å². The van der Waals surface area contributed by atoms with E-state index < -0.39 is 0 Å². The van der Waals surface area contributed by atoms with Crippen molar-refractivity contribution in [3.8, 4) is 27.6 Å². The number of rotatable bonds is 7. The maximum Gasteiger partial charge on any atom is 0.168 e. The van der Waals surface area contributed by atoms with Crippen LogP contribution in [-0.4, -0.2) is 20.0 Å². The first-order chi connectivity index (χ1) is 15.4. The Morgan fingerprint density at radius 2 is 1.81 bits per heavy atom. The van der Waals surface area contributed by atoms with Crippen molar-refractivity contribution in [2.75, 3.05) is 0 Å². The van der Waals surface area contributed by atoms with Gasteiger partial charge in [0.05, 0.1) is 16.4 Å². The summed E-state index contributed by atoms with van der Waals surface area (Å²) in [5.41, 5.74) is 4.79. The number of halogens is 3. The smallest absolute Gasteiger partial charge is 0.168 e. The molecule has 0 spiro atoms. The lowest BCUT2D eigenvalue weighted by Crippen LogP contribution is -2.01. The molecule has 1 unspecified atom stereocenters. The molecule has 0 bridgehead atoms. The second kappa shape index (κ2) is 10.0. The Balaban J connectivity index is 1.93. The minimum Gasteiger partial charge on any atom is -0.231 e. The van der Waals surface area contributed by atoms with Crippen LogP contribution in [0.25, 0.3) is 27.6 Å². The fraction of sp³-hybridized carbons (Fsp3) is 0.292. The summed E-state index contributed by atoms with van der Waals surface area (Å²) in [6, 6.07) is 13.7. The Morgan fingerprint density at radius 1 is 1.06 bits per heavy atom. The van der Waals surface area contributed by atoms with Crippen LogP contribution in [0.4, 0.5) is 0 Å². The molecule has 4 rings (SSSR count). The second-order valence-corrected chi connectivity index (χ2v) is 10.4. The average Bonchev–Trinajstić information content (AvgIpc) is 3.39. The third kappa shape index (κ3) is 4.65. The molecule has 4 aromatic rings. The first kappa shape index (κ1) is 23.4. The van der Waals surface area contributed by atoms with Crippen LogP contribution >= 0.6 is 50.5 Å². The second-order valence-electron chi connectivity index (χ2n) is 7.68. The van der Waals surface area contributed by atoms with Gasteiger partial charge in [0, 0.05) is 26.5 Å². The van der Waals surface area contributed by atoms with Gasteiger partial charge in [-0.2, -0.15) is 5.10 Å². The van der Waals surface area contributed by atoms with Crippen molar-refractivity contribution in [1.29, 1.82) is 0 Å². The molecular formula is C24H23BrCl2N4S. The van der Waals surface area contributed by atoms with Gasteiger partial charge >= 0.3 is 0 Å². The summed E-state index contributed by atoms with van der Waals surface area (Å²) in [5.74, 6) is 0.384. The fourth-order valence-electron chi connectivity index (χ4n) is 3.77. The van der Waals surface area contributed by atoms with E-state index in [2.05, 4.69) is 59.0 Å². The van der Waals surface area contributed by atoms with Crippen molar-refractivity contribution in [1.82, 2.24) is 20.0 Å². The highest BCUT2D eigenvalue weighted by molar-refractivity contribution is 9.10. The molecule has 0 saturated carbocycles. The molecule has 0 aliphatic heterocycles. The molecule has 8 heteroatoms. The fourth-order valence-corrected chi connectivity index (χ4v) is 5.47. The van der Waals surface area contributed by atoms with E-state index in [0.717, 1.165) is 62.0 Å². The molecule has 2 heterocycles. The highest BCUT2D eigenvalue weighted by Crippen LogP contribution is 2.39. The van der Waals surface area contributed by atoms with E-state index in [1.165, 1.54) is 0 Å². The monoisotopic (exact) mass is 548 g/mol. The van der Waals surface area contributed by atoms with Gasteiger partial charge in [-0.15, -0.1) is 10.2 Å². The molecule has 0 saturated heterocycles. The topological polar surface area (TPSA) is 43.6 Å². The lowest BCUT2D eigenvalue weighted by atomic mass is 10.0. The van der Waals surface area contributed by atoms with Gasteiger partial charge in [0.25, 0.3) is 0 Å².